The Kier molecular flexibility index (Phi) is 4.89. The van der Waals surface area contributed by atoms with E-state index in [0.717, 1.165) is 5.56 Å². The number of carboxylic acid groups (broad SMARTS) is 1. The first-order valence-corrected chi connectivity index (χ1v) is 5.89. The van der Waals surface area contributed by atoms with Gasteiger partial charge in [-0.05, 0) is 12.5 Å². The van der Waals surface area contributed by atoms with Crippen LogP contribution in [-0.4, -0.2) is 38.7 Å². The third-order valence-corrected chi connectivity index (χ3v) is 2.78. The fourth-order valence-electron chi connectivity index (χ4n) is 1.03. The number of amides is 1. The summed E-state index contributed by atoms with van der Waals surface area (Å²) in [4.78, 5) is 29.7. The van der Waals surface area contributed by atoms with E-state index in [-0.39, 0.29) is 11.7 Å². The monoisotopic (exact) mass is 255 g/mol. The van der Waals surface area contributed by atoms with Gasteiger partial charge < -0.3 is 10.4 Å². The zero-order valence-electron chi connectivity index (χ0n) is 9.51. The number of aryl methyl sites for hydroxylation is 1. The van der Waals surface area contributed by atoms with Gasteiger partial charge in [-0.25, -0.2) is 14.8 Å². The maximum Gasteiger partial charge on any atom is 0.327 e. The van der Waals surface area contributed by atoms with Crippen molar-refractivity contribution in [2.24, 2.45) is 0 Å². The molecule has 0 aromatic carbocycles. The van der Waals surface area contributed by atoms with Crippen LogP contribution in [0.25, 0.3) is 0 Å². The van der Waals surface area contributed by atoms with Gasteiger partial charge >= 0.3 is 5.97 Å². The first-order valence-electron chi connectivity index (χ1n) is 4.90. The molecule has 0 aliphatic carbocycles. The summed E-state index contributed by atoms with van der Waals surface area (Å²) in [5.74, 6) is -1.25. The Labute approximate surface area is 103 Å². The molecule has 1 atom stereocenters. The summed E-state index contributed by atoms with van der Waals surface area (Å²) in [6.45, 7) is 3.15. The van der Waals surface area contributed by atoms with Crippen molar-refractivity contribution in [2.45, 2.75) is 25.0 Å². The van der Waals surface area contributed by atoms with Crippen LogP contribution >= 0.6 is 11.8 Å². The van der Waals surface area contributed by atoms with E-state index in [2.05, 4.69) is 15.3 Å². The van der Waals surface area contributed by atoms with E-state index < -0.39 is 12.0 Å². The molecule has 0 fully saturated rings. The van der Waals surface area contributed by atoms with E-state index in [0.29, 0.717) is 5.16 Å². The van der Waals surface area contributed by atoms with Crippen LogP contribution in [-0.2, 0) is 9.59 Å². The van der Waals surface area contributed by atoms with Crippen molar-refractivity contribution in [1.29, 1.82) is 0 Å². The largest absolute Gasteiger partial charge is 0.480 e. The lowest BCUT2D eigenvalue weighted by molar-refractivity contribution is -0.140. The van der Waals surface area contributed by atoms with E-state index in [4.69, 9.17) is 5.11 Å². The van der Waals surface area contributed by atoms with Gasteiger partial charge in [0.1, 0.15) is 6.04 Å². The van der Waals surface area contributed by atoms with Crippen LogP contribution in [0.3, 0.4) is 0 Å². The standard InChI is InChI=1S/C10H13N3O3S/c1-6-3-11-10(12-4-6)17-5-8(9(15)16)13-7(2)14/h3-4,8H,5H2,1-2H3,(H,13,14)(H,15,16). The molecule has 92 valence electrons. The molecule has 0 aliphatic rings. The number of aromatic nitrogens is 2. The first-order chi connectivity index (χ1) is 7.99. The summed E-state index contributed by atoms with van der Waals surface area (Å²) in [5, 5.41) is 11.7. The van der Waals surface area contributed by atoms with E-state index >= 15 is 0 Å². The second-order valence-corrected chi connectivity index (χ2v) is 4.43. The molecular weight excluding hydrogens is 242 g/mol. The third-order valence-electron chi connectivity index (χ3n) is 1.81. The number of carbonyl (C=O) groups excluding carboxylic acids is 1. The molecule has 7 heteroatoms. The number of rotatable bonds is 5. The highest BCUT2D eigenvalue weighted by Crippen LogP contribution is 2.13. The SMILES string of the molecule is CC(=O)NC(CSc1ncc(C)cn1)C(=O)O. The van der Waals surface area contributed by atoms with E-state index in [1.807, 2.05) is 6.92 Å². The summed E-state index contributed by atoms with van der Waals surface area (Å²) >= 11 is 1.19. The number of carboxylic acids is 1. The molecule has 0 radical (unpaired) electrons. The number of nitrogens with one attached hydrogen (secondary N) is 1. The van der Waals surface area contributed by atoms with Crippen LogP contribution in [0.5, 0.6) is 0 Å². The lowest BCUT2D eigenvalue weighted by Gasteiger charge is -2.11. The Hall–Kier alpha value is -1.63. The molecule has 0 saturated heterocycles. The van der Waals surface area contributed by atoms with Gasteiger partial charge in [0.05, 0.1) is 0 Å². The second kappa shape index (κ2) is 6.19. The maximum absolute atomic E-state index is 10.8. The molecule has 2 N–H and O–H groups in total. The summed E-state index contributed by atoms with van der Waals surface area (Å²) in [7, 11) is 0. The van der Waals surface area contributed by atoms with Crippen molar-refractivity contribution < 1.29 is 14.7 Å². The Morgan fingerprint density at radius 3 is 2.53 bits per heavy atom. The quantitative estimate of drug-likeness (QED) is 0.587. The Morgan fingerprint density at radius 2 is 2.06 bits per heavy atom. The lowest BCUT2D eigenvalue weighted by atomic mass is 10.3. The molecule has 0 spiro atoms. The molecule has 0 saturated carbocycles. The van der Waals surface area contributed by atoms with Crippen molar-refractivity contribution >= 4 is 23.6 Å². The topological polar surface area (TPSA) is 92.2 Å². The van der Waals surface area contributed by atoms with E-state index in [9.17, 15) is 9.59 Å². The van der Waals surface area contributed by atoms with Crippen LogP contribution in [0, 0.1) is 6.92 Å². The molecule has 1 heterocycles. The van der Waals surface area contributed by atoms with Crippen LogP contribution in [0.15, 0.2) is 17.6 Å². The summed E-state index contributed by atoms with van der Waals surface area (Å²) in [6, 6.07) is -0.928. The van der Waals surface area contributed by atoms with Gasteiger partial charge in [0, 0.05) is 25.1 Å². The smallest absolute Gasteiger partial charge is 0.327 e. The van der Waals surface area contributed by atoms with Crippen LogP contribution in [0.4, 0.5) is 0 Å². The minimum atomic E-state index is -1.07. The zero-order valence-corrected chi connectivity index (χ0v) is 10.3. The third kappa shape index (κ3) is 4.81. The molecule has 1 unspecified atom stereocenters. The molecule has 1 aromatic heterocycles. The molecule has 1 aromatic rings. The summed E-state index contributed by atoms with van der Waals surface area (Å²) in [5.41, 5.74) is 0.936. The Bertz CT molecular complexity index is 408. The summed E-state index contributed by atoms with van der Waals surface area (Å²) < 4.78 is 0. The fraction of sp³-hybridized carbons (Fsp3) is 0.400. The maximum atomic E-state index is 10.8. The predicted molar refractivity (Wildman–Crippen MR) is 62.7 cm³/mol. The molecule has 0 bridgehead atoms. The lowest BCUT2D eigenvalue weighted by Crippen LogP contribution is -2.41. The fourth-order valence-corrected chi connectivity index (χ4v) is 1.83. The average molecular weight is 255 g/mol. The highest BCUT2D eigenvalue weighted by molar-refractivity contribution is 7.99. The normalized spacial score (nSPS) is 11.9. The number of hydrogen-bond acceptors (Lipinski definition) is 5. The average Bonchev–Trinajstić information content (AvgIpc) is 2.25. The van der Waals surface area contributed by atoms with Crippen LogP contribution in [0.1, 0.15) is 12.5 Å². The zero-order chi connectivity index (χ0) is 12.8. The van der Waals surface area contributed by atoms with Crippen molar-refractivity contribution in [2.75, 3.05) is 5.75 Å². The minimum absolute atomic E-state index is 0.192. The van der Waals surface area contributed by atoms with Gasteiger partial charge in [-0.15, -0.1) is 0 Å². The highest BCUT2D eigenvalue weighted by Gasteiger charge is 2.18. The van der Waals surface area contributed by atoms with Crippen molar-refractivity contribution in [1.82, 2.24) is 15.3 Å². The first kappa shape index (κ1) is 13.4. The molecule has 1 rings (SSSR count). The van der Waals surface area contributed by atoms with Gasteiger partial charge in [0.2, 0.25) is 5.91 Å². The molecule has 17 heavy (non-hydrogen) atoms. The molecule has 1 amide bonds. The van der Waals surface area contributed by atoms with Crippen molar-refractivity contribution in [3.8, 4) is 0 Å². The Balaban J connectivity index is 2.54. The Morgan fingerprint density at radius 1 is 1.47 bits per heavy atom. The number of thioether (sulfide) groups is 1. The number of carbonyl (C=O) groups is 2. The number of aliphatic carboxylic acids is 1. The van der Waals surface area contributed by atoms with Gasteiger partial charge in [0.15, 0.2) is 5.16 Å². The molecule has 0 aliphatic heterocycles. The minimum Gasteiger partial charge on any atom is -0.480 e. The molecule has 6 nitrogen and oxygen atoms in total. The highest BCUT2D eigenvalue weighted by atomic mass is 32.2. The van der Waals surface area contributed by atoms with Crippen LogP contribution in [0.2, 0.25) is 0 Å². The van der Waals surface area contributed by atoms with E-state index in [1.54, 1.807) is 12.4 Å². The van der Waals surface area contributed by atoms with Crippen molar-refractivity contribution in [3.05, 3.63) is 18.0 Å². The number of hydrogen-bond donors (Lipinski definition) is 2. The van der Waals surface area contributed by atoms with Gasteiger partial charge in [-0.1, -0.05) is 11.8 Å². The van der Waals surface area contributed by atoms with Crippen molar-refractivity contribution in [3.63, 3.8) is 0 Å². The van der Waals surface area contributed by atoms with E-state index in [1.165, 1.54) is 18.7 Å². The predicted octanol–water partition coefficient (Wildman–Crippen LogP) is 0.466. The summed E-state index contributed by atoms with van der Waals surface area (Å²) in [6.07, 6.45) is 3.31. The van der Waals surface area contributed by atoms with Gasteiger partial charge in [-0.2, -0.15) is 0 Å². The van der Waals surface area contributed by atoms with Gasteiger partial charge in [-0.3, -0.25) is 4.79 Å². The number of nitrogens with zero attached hydrogens (tertiary/aromatic N) is 2. The van der Waals surface area contributed by atoms with Crippen LogP contribution < -0.4 is 5.32 Å². The second-order valence-electron chi connectivity index (χ2n) is 3.45. The van der Waals surface area contributed by atoms with Gasteiger partial charge in [0.25, 0.3) is 0 Å². The molecular formula is C10H13N3O3S.